The highest BCUT2D eigenvalue weighted by Crippen LogP contribution is 2.33. The zero-order valence-corrected chi connectivity index (χ0v) is 24.8. The zero-order valence-electron chi connectivity index (χ0n) is 24.0. The van der Waals surface area contributed by atoms with E-state index in [0.717, 1.165) is 22.9 Å². The van der Waals surface area contributed by atoms with Crippen LogP contribution in [0.1, 0.15) is 62.2 Å². The Morgan fingerprint density at radius 2 is 1.74 bits per heavy atom. The van der Waals surface area contributed by atoms with Gasteiger partial charge in [-0.25, -0.2) is 9.78 Å². The Morgan fingerprint density at radius 1 is 1.05 bits per heavy atom. The smallest absolute Gasteiger partial charge is 0.433 e. The summed E-state index contributed by atoms with van der Waals surface area (Å²) in [5.74, 6) is -0.0235. The Kier molecular flexibility index (Phi) is 8.73. The summed E-state index contributed by atoms with van der Waals surface area (Å²) in [4.78, 5) is 35.0. The fourth-order valence-electron chi connectivity index (χ4n) is 4.65. The first kappa shape index (κ1) is 31.1. The number of hydrogen-bond donors (Lipinski definition) is 2. The summed E-state index contributed by atoms with van der Waals surface area (Å²) in [6.07, 6.45) is -2.82. The molecule has 3 heterocycles. The third-order valence-electron chi connectivity index (χ3n) is 6.89. The van der Waals surface area contributed by atoms with Crippen molar-refractivity contribution < 1.29 is 27.5 Å². The lowest BCUT2D eigenvalue weighted by atomic mass is 9.89. The van der Waals surface area contributed by atoms with Crippen LogP contribution in [-0.4, -0.2) is 46.2 Å². The van der Waals surface area contributed by atoms with Crippen LogP contribution >= 0.6 is 11.6 Å². The highest BCUT2D eigenvalue weighted by atomic mass is 35.5. The maximum atomic E-state index is 13.0. The molecule has 0 unspecified atom stereocenters. The summed E-state index contributed by atoms with van der Waals surface area (Å²) >= 11 is 6.43. The second kappa shape index (κ2) is 11.8. The summed E-state index contributed by atoms with van der Waals surface area (Å²) < 4.78 is 44.6. The van der Waals surface area contributed by atoms with Crippen molar-refractivity contribution in [1.82, 2.24) is 15.3 Å². The van der Waals surface area contributed by atoms with E-state index in [1.54, 1.807) is 24.3 Å². The average molecular weight is 604 g/mol. The molecule has 2 aromatic heterocycles. The maximum Gasteiger partial charge on any atom is 0.433 e. The molecule has 2 N–H and O–H groups in total. The van der Waals surface area contributed by atoms with Crippen LogP contribution in [0.3, 0.4) is 0 Å². The van der Waals surface area contributed by atoms with Gasteiger partial charge >= 0.3 is 12.3 Å². The fourth-order valence-corrected chi connectivity index (χ4v) is 4.85. The molecule has 0 aliphatic carbocycles. The number of nitrogens with zero attached hydrogens (tertiary/aromatic N) is 3. The van der Waals surface area contributed by atoms with E-state index in [9.17, 15) is 22.8 Å². The molecule has 0 saturated carbocycles. The van der Waals surface area contributed by atoms with Crippen LogP contribution in [0.4, 0.5) is 29.5 Å². The maximum absolute atomic E-state index is 13.0. The zero-order chi connectivity index (χ0) is 30.9. The van der Waals surface area contributed by atoms with Crippen LogP contribution < -0.4 is 15.5 Å². The Labute approximate surface area is 247 Å². The number of anilines is 2. The van der Waals surface area contributed by atoms with Crippen molar-refractivity contribution in [3.05, 3.63) is 70.6 Å². The number of pyridine rings is 2. The Bertz CT molecular complexity index is 1480. The second-order valence-electron chi connectivity index (χ2n) is 11.6. The summed E-state index contributed by atoms with van der Waals surface area (Å²) in [6.45, 7) is 10.6. The van der Waals surface area contributed by atoms with Gasteiger partial charge in [0, 0.05) is 36.1 Å². The molecule has 0 bridgehead atoms. The molecule has 0 spiro atoms. The van der Waals surface area contributed by atoms with Gasteiger partial charge in [-0.05, 0) is 101 Å². The molecule has 42 heavy (non-hydrogen) atoms. The number of rotatable bonds is 5. The molecule has 0 atom stereocenters. The number of aromatic nitrogens is 2. The Hall–Kier alpha value is -3.86. The summed E-state index contributed by atoms with van der Waals surface area (Å²) in [5, 5.41) is 5.95. The molecule has 0 radical (unpaired) electrons. The summed E-state index contributed by atoms with van der Waals surface area (Å²) in [7, 11) is 0. The predicted octanol–water partition coefficient (Wildman–Crippen LogP) is 7.26. The lowest BCUT2D eigenvalue weighted by molar-refractivity contribution is -0.141. The normalized spacial score (nSPS) is 15.2. The van der Waals surface area contributed by atoms with Gasteiger partial charge in [0.15, 0.2) is 0 Å². The van der Waals surface area contributed by atoms with Crippen molar-refractivity contribution in [3.8, 4) is 11.1 Å². The van der Waals surface area contributed by atoms with Crippen molar-refractivity contribution in [2.45, 2.75) is 64.8 Å². The number of benzene rings is 1. The van der Waals surface area contributed by atoms with Crippen LogP contribution in [-0.2, 0) is 10.9 Å². The molecule has 1 saturated heterocycles. The third kappa shape index (κ3) is 7.90. The minimum Gasteiger partial charge on any atom is -0.444 e. The van der Waals surface area contributed by atoms with Crippen LogP contribution in [0.2, 0.25) is 5.15 Å². The number of carbonyl (C=O) groups is 2. The van der Waals surface area contributed by atoms with E-state index in [0.29, 0.717) is 43.5 Å². The highest BCUT2D eigenvalue weighted by Gasteiger charge is 2.34. The number of alkyl carbamates (subject to hydrolysis) is 1. The van der Waals surface area contributed by atoms with Gasteiger partial charge in [0.25, 0.3) is 5.91 Å². The van der Waals surface area contributed by atoms with E-state index in [2.05, 4.69) is 25.5 Å². The van der Waals surface area contributed by atoms with Crippen LogP contribution in [0, 0.1) is 6.92 Å². The average Bonchev–Trinajstić information content (AvgIpc) is 2.88. The number of ether oxygens (including phenoxy) is 1. The molecule has 12 heteroatoms. The predicted molar refractivity (Wildman–Crippen MR) is 156 cm³/mol. The highest BCUT2D eigenvalue weighted by molar-refractivity contribution is 6.29. The van der Waals surface area contributed by atoms with Gasteiger partial charge in [-0.15, -0.1) is 0 Å². The molecule has 2 amide bonds. The molecule has 1 aromatic carbocycles. The first-order chi connectivity index (χ1) is 19.5. The van der Waals surface area contributed by atoms with E-state index in [1.807, 2.05) is 40.7 Å². The topological polar surface area (TPSA) is 96.5 Å². The van der Waals surface area contributed by atoms with E-state index in [-0.39, 0.29) is 10.7 Å². The third-order valence-corrected chi connectivity index (χ3v) is 7.09. The number of hydrogen-bond acceptors (Lipinski definition) is 6. The van der Waals surface area contributed by atoms with Crippen molar-refractivity contribution >= 4 is 35.1 Å². The number of piperidine rings is 1. The van der Waals surface area contributed by atoms with Crippen molar-refractivity contribution in [2.75, 3.05) is 23.3 Å². The van der Waals surface area contributed by atoms with Crippen LogP contribution in [0.5, 0.6) is 0 Å². The SMILES string of the molecule is Cc1ccc(NC(=O)c2ccnc(C(F)(F)F)c2)cc1-c1cc(Cl)nc(N2CCC(C)(NC(=O)OC(C)(C)C)CC2)c1. The van der Waals surface area contributed by atoms with Gasteiger partial charge in [0.05, 0.1) is 0 Å². The van der Waals surface area contributed by atoms with Gasteiger partial charge in [-0.3, -0.25) is 9.78 Å². The van der Waals surface area contributed by atoms with Gasteiger partial charge in [0.2, 0.25) is 0 Å². The van der Waals surface area contributed by atoms with E-state index in [1.165, 1.54) is 6.07 Å². The number of carbonyl (C=O) groups excluding carboxylic acids is 2. The van der Waals surface area contributed by atoms with Crippen LogP contribution in [0.25, 0.3) is 11.1 Å². The Balaban J connectivity index is 1.50. The van der Waals surface area contributed by atoms with E-state index in [4.69, 9.17) is 16.3 Å². The van der Waals surface area contributed by atoms with Crippen molar-refractivity contribution in [3.63, 3.8) is 0 Å². The van der Waals surface area contributed by atoms with Crippen molar-refractivity contribution in [1.29, 1.82) is 0 Å². The van der Waals surface area contributed by atoms with Crippen LogP contribution in [0.15, 0.2) is 48.7 Å². The minimum absolute atomic E-state index is 0.160. The fraction of sp³-hybridized carbons (Fsp3) is 0.400. The number of aryl methyl sites for hydroxylation is 1. The minimum atomic E-state index is -4.66. The van der Waals surface area contributed by atoms with E-state index >= 15 is 0 Å². The number of nitrogens with one attached hydrogen (secondary N) is 2. The molecule has 4 rings (SSSR count). The first-order valence-electron chi connectivity index (χ1n) is 13.4. The first-order valence-corrected chi connectivity index (χ1v) is 13.8. The summed E-state index contributed by atoms with van der Waals surface area (Å²) in [6, 6.07) is 10.8. The summed E-state index contributed by atoms with van der Waals surface area (Å²) in [5.41, 5.74) is 0.526. The van der Waals surface area contributed by atoms with Gasteiger partial charge < -0.3 is 20.3 Å². The molecule has 1 aliphatic rings. The van der Waals surface area contributed by atoms with Crippen molar-refractivity contribution in [2.24, 2.45) is 0 Å². The van der Waals surface area contributed by atoms with Gasteiger partial charge in [-0.2, -0.15) is 13.2 Å². The molecular formula is C30H33ClF3N5O3. The Morgan fingerprint density at radius 3 is 2.38 bits per heavy atom. The lowest BCUT2D eigenvalue weighted by Crippen LogP contribution is -2.54. The standard InChI is InChI=1S/C30H33ClF3N5O3/c1-18-6-7-21(36-26(40)19-8-11-35-23(14-19)30(32,33)34)17-22(18)20-15-24(31)37-25(16-20)39-12-9-29(5,10-13-39)38-27(41)42-28(2,3)4/h6-8,11,14-17H,9-10,12-13H2,1-5H3,(H,36,40)(H,38,41). The molecule has 3 aromatic rings. The van der Waals surface area contributed by atoms with Gasteiger partial charge in [0.1, 0.15) is 22.3 Å². The number of halogens is 4. The largest absolute Gasteiger partial charge is 0.444 e. The molecule has 1 fully saturated rings. The monoisotopic (exact) mass is 603 g/mol. The molecule has 224 valence electrons. The second-order valence-corrected chi connectivity index (χ2v) is 12.0. The lowest BCUT2D eigenvalue weighted by Gasteiger charge is -2.40. The molecule has 1 aliphatic heterocycles. The number of amides is 2. The molecule has 8 nitrogen and oxygen atoms in total. The number of alkyl halides is 3. The van der Waals surface area contributed by atoms with Gasteiger partial charge in [-0.1, -0.05) is 17.7 Å². The quantitative estimate of drug-likeness (QED) is 0.298. The van der Waals surface area contributed by atoms with E-state index < -0.39 is 35.0 Å². The molecular weight excluding hydrogens is 571 g/mol.